The van der Waals surface area contributed by atoms with Crippen molar-refractivity contribution in [2.24, 2.45) is 12.8 Å². The molecular formula is C6H10N4O. The number of aryl methyl sites for hydroxylation is 1. The fraction of sp³-hybridized carbons (Fsp3) is 0.500. The van der Waals surface area contributed by atoms with E-state index in [0.29, 0.717) is 18.8 Å². The standard InChI is InChI=1S/C6H10N4O/c1-10-4-8-9-6(10)5(11)2-3-7/h4H,2-3,7H2,1H3. The number of nitrogens with two attached hydrogens (primary N) is 1. The largest absolute Gasteiger partial charge is 0.330 e. The number of hydrogen-bond acceptors (Lipinski definition) is 4. The van der Waals surface area contributed by atoms with E-state index in [1.807, 2.05) is 0 Å². The molecule has 0 radical (unpaired) electrons. The second-order valence-electron chi connectivity index (χ2n) is 2.23. The molecular weight excluding hydrogens is 144 g/mol. The zero-order chi connectivity index (χ0) is 8.27. The van der Waals surface area contributed by atoms with Gasteiger partial charge in [-0.05, 0) is 6.54 Å². The van der Waals surface area contributed by atoms with Crippen LogP contribution in [0, 0.1) is 0 Å². The third-order valence-corrected chi connectivity index (χ3v) is 1.33. The van der Waals surface area contributed by atoms with E-state index in [-0.39, 0.29) is 5.78 Å². The third kappa shape index (κ3) is 1.62. The van der Waals surface area contributed by atoms with Crippen molar-refractivity contribution < 1.29 is 4.79 Å². The number of carbonyl (C=O) groups excluding carboxylic acids is 1. The summed E-state index contributed by atoms with van der Waals surface area (Å²) in [6, 6.07) is 0. The smallest absolute Gasteiger partial charge is 0.201 e. The Labute approximate surface area is 64.2 Å². The summed E-state index contributed by atoms with van der Waals surface area (Å²) < 4.78 is 1.58. The Kier molecular flexibility index (Phi) is 2.32. The van der Waals surface area contributed by atoms with E-state index in [9.17, 15) is 4.79 Å². The number of rotatable bonds is 3. The predicted octanol–water partition coefficient (Wildman–Crippen LogP) is -0.653. The van der Waals surface area contributed by atoms with Gasteiger partial charge < -0.3 is 10.3 Å². The summed E-state index contributed by atoms with van der Waals surface area (Å²) in [6.45, 7) is 0.353. The first-order valence-electron chi connectivity index (χ1n) is 3.33. The molecule has 0 aromatic carbocycles. The summed E-state index contributed by atoms with van der Waals surface area (Å²) in [4.78, 5) is 11.1. The van der Waals surface area contributed by atoms with Crippen molar-refractivity contribution in [3.8, 4) is 0 Å². The third-order valence-electron chi connectivity index (χ3n) is 1.33. The lowest BCUT2D eigenvalue weighted by Gasteiger charge is -1.95. The minimum absolute atomic E-state index is 0.0625. The molecule has 0 spiro atoms. The second kappa shape index (κ2) is 3.25. The maximum Gasteiger partial charge on any atom is 0.201 e. The van der Waals surface area contributed by atoms with Gasteiger partial charge in [-0.3, -0.25) is 4.79 Å². The monoisotopic (exact) mass is 154 g/mol. The van der Waals surface area contributed by atoms with Crippen molar-refractivity contribution in [3.05, 3.63) is 12.2 Å². The van der Waals surface area contributed by atoms with Gasteiger partial charge in [0.1, 0.15) is 6.33 Å². The molecule has 1 heterocycles. The van der Waals surface area contributed by atoms with Crippen LogP contribution in [0.3, 0.4) is 0 Å². The van der Waals surface area contributed by atoms with Gasteiger partial charge in [-0.1, -0.05) is 0 Å². The molecule has 1 aromatic heterocycles. The summed E-state index contributed by atoms with van der Waals surface area (Å²) in [7, 11) is 1.73. The molecule has 0 aliphatic heterocycles. The van der Waals surface area contributed by atoms with Crippen LogP contribution in [-0.4, -0.2) is 27.1 Å². The Hall–Kier alpha value is -1.23. The Morgan fingerprint density at radius 2 is 2.55 bits per heavy atom. The Morgan fingerprint density at radius 1 is 1.82 bits per heavy atom. The lowest BCUT2D eigenvalue weighted by molar-refractivity contribution is 0.0972. The van der Waals surface area contributed by atoms with Gasteiger partial charge in [0.05, 0.1) is 0 Å². The maximum absolute atomic E-state index is 11.1. The van der Waals surface area contributed by atoms with Crippen LogP contribution in [0.1, 0.15) is 17.0 Å². The normalized spacial score (nSPS) is 10.0. The van der Waals surface area contributed by atoms with Gasteiger partial charge in [-0.15, -0.1) is 10.2 Å². The number of carbonyl (C=O) groups is 1. The molecule has 1 aromatic rings. The van der Waals surface area contributed by atoms with Crippen molar-refractivity contribution in [2.75, 3.05) is 6.54 Å². The minimum Gasteiger partial charge on any atom is -0.330 e. The highest BCUT2D eigenvalue weighted by molar-refractivity contribution is 5.92. The zero-order valence-electron chi connectivity index (χ0n) is 6.32. The first-order chi connectivity index (χ1) is 5.25. The summed E-state index contributed by atoms with van der Waals surface area (Å²) in [6.07, 6.45) is 1.82. The predicted molar refractivity (Wildman–Crippen MR) is 39.0 cm³/mol. The van der Waals surface area contributed by atoms with Crippen LogP contribution < -0.4 is 5.73 Å². The molecule has 0 bridgehead atoms. The van der Waals surface area contributed by atoms with Crippen LogP contribution >= 0.6 is 0 Å². The van der Waals surface area contributed by atoms with E-state index in [2.05, 4.69) is 10.2 Å². The number of nitrogens with zero attached hydrogens (tertiary/aromatic N) is 3. The van der Waals surface area contributed by atoms with Crippen LogP contribution in [0.5, 0.6) is 0 Å². The van der Waals surface area contributed by atoms with Gasteiger partial charge in [0.25, 0.3) is 0 Å². The van der Waals surface area contributed by atoms with Crippen LogP contribution in [-0.2, 0) is 7.05 Å². The SMILES string of the molecule is Cn1cnnc1C(=O)CCN. The van der Waals surface area contributed by atoms with E-state index >= 15 is 0 Å². The number of hydrogen-bond donors (Lipinski definition) is 1. The summed E-state index contributed by atoms with van der Waals surface area (Å²) >= 11 is 0. The molecule has 0 saturated carbocycles. The van der Waals surface area contributed by atoms with Crippen LogP contribution in [0.2, 0.25) is 0 Å². The maximum atomic E-state index is 11.1. The van der Waals surface area contributed by atoms with E-state index in [1.165, 1.54) is 6.33 Å². The van der Waals surface area contributed by atoms with E-state index in [1.54, 1.807) is 11.6 Å². The van der Waals surface area contributed by atoms with Crippen molar-refractivity contribution in [1.82, 2.24) is 14.8 Å². The average molecular weight is 154 g/mol. The summed E-state index contributed by atoms with van der Waals surface area (Å²) in [5.74, 6) is 0.308. The van der Waals surface area contributed by atoms with E-state index in [4.69, 9.17) is 5.73 Å². The fourth-order valence-corrected chi connectivity index (χ4v) is 0.779. The van der Waals surface area contributed by atoms with Crippen LogP contribution in [0.15, 0.2) is 6.33 Å². The van der Waals surface area contributed by atoms with Gasteiger partial charge in [0.15, 0.2) is 5.82 Å². The van der Waals surface area contributed by atoms with E-state index < -0.39 is 0 Å². The quantitative estimate of drug-likeness (QED) is 0.587. The molecule has 0 atom stereocenters. The van der Waals surface area contributed by atoms with Crippen molar-refractivity contribution in [2.45, 2.75) is 6.42 Å². The van der Waals surface area contributed by atoms with Gasteiger partial charge in [0.2, 0.25) is 5.78 Å². The van der Waals surface area contributed by atoms with Gasteiger partial charge in [-0.2, -0.15) is 0 Å². The highest BCUT2D eigenvalue weighted by Gasteiger charge is 2.09. The average Bonchev–Trinajstić information content (AvgIpc) is 2.36. The first-order valence-corrected chi connectivity index (χ1v) is 3.33. The Morgan fingerprint density at radius 3 is 3.00 bits per heavy atom. The number of aromatic nitrogens is 3. The Bertz CT molecular complexity index is 255. The molecule has 0 amide bonds. The molecule has 5 nitrogen and oxygen atoms in total. The minimum atomic E-state index is -0.0625. The number of ketones is 1. The van der Waals surface area contributed by atoms with Gasteiger partial charge in [0, 0.05) is 13.5 Å². The molecule has 0 saturated heterocycles. The van der Waals surface area contributed by atoms with E-state index in [0.717, 1.165) is 0 Å². The van der Waals surface area contributed by atoms with Crippen LogP contribution in [0.25, 0.3) is 0 Å². The molecule has 0 fully saturated rings. The number of Topliss-reactive ketones (excluding diaryl/α,β-unsaturated/α-hetero) is 1. The highest BCUT2D eigenvalue weighted by atomic mass is 16.1. The van der Waals surface area contributed by atoms with Crippen molar-refractivity contribution in [1.29, 1.82) is 0 Å². The molecule has 60 valence electrons. The first kappa shape index (κ1) is 7.87. The molecule has 0 unspecified atom stereocenters. The van der Waals surface area contributed by atoms with Gasteiger partial charge >= 0.3 is 0 Å². The molecule has 1 rings (SSSR count). The molecule has 2 N–H and O–H groups in total. The second-order valence-corrected chi connectivity index (χ2v) is 2.23. The Balaban J connectivity index is 2.76. The van der Waals surface area contributed by atoms with Crippen molar-refractivity contribution >= 4 is 5.78 Å². The molecule has 5 heteroatoms. The van der Waals surface area contributed by atoms with Crippen molar-refractivity contribution in [3.63, 3.8) is 0 Å². The lowest BCUT2D eigenvalue weighted by atomic mass is 10.3. The zero-order valence-corrected chi connectivity index (χ0v) is 6.32. The molecule has 11 heavy (non-hydrogen) atoms. The van der Waals surface area contributed by atoms with Gasteiger partial charge in [-0.25, -0.2) is 0 Å². The molecule has 0 aliphatic carbocycles. The molecule has 0 aliphatic rings. The summed E-state index contributed by atoms with van der Waals surface area (Å²) in [5.41, 5.74) is 5.21. The highest BCUT2D eigenvalue weighted by Crippen LogP contribution is 1.95. The van der Waals surface area contributed by atoms with Crippen LogP contribution in [0.4, 0.5) is 0 Å². The summed E-state index contributed by atoms with van der Waals surface area (Å²) in [5, 5.41) is 7.22. The fourth-order valence-electron chi connectivity index (χ4n) is 0.779. The topological polar surface area (TPSA) is 73.8 Å². The lowest BCUT2D eigenvalue weighted by Crippen LogP contribution is -2.12.